The number of pyridine rings is 1. The number of benzene rings is 1. The average Bonchev–Trinajstić information content (AvgIpc) is 3.26. The van der Waals surface area contributed by atoms with Crippen molar-refractivity contribution in [1.82, 2.24) is 15.2 Å². The Morgan fingerprint density at radius 1 is 1.07 bits per heavy atom. The van der Waals surface area contributed by atoms with Crippen molar-refractivity contribution >= 4 is 11.7 Å². The smallest absolute Gasteiger partial charge is 0.255 e. The van der Waals surface area contributed by atoms with Crippen molar-refractivity contribution in [2.75, 3.05) is 44.2 Å². The lowest BCUT2D eigenvalue weighted by Gasteiger charge is -2.21. The second kappa shape index (κ2) is 9.51. The predicted molar refractivity (Wildman–Crippen MR) is 111 cm³/mol. The Morgan fingerprint density at radius 2 is 1.78 bits per heavy atom. The number of nitrogens with zero attached hydrogens (tertiary/aromatic N) is 3. The number of carbonyl (C=O) groups is 1. The van der Waals surface area contributed by atoms with Gasteiger partial charge in [0.05, 0.1) is 11.3 Å². The molecule has 3 rings (SSSR count). The van der Waals surface area contributed by atoms with E-state index in [1.54, 1.807) is 0 Å². The van der Waals surface area contributed by atoms with Gasteiger partial charge in [0, 0.05) is 31.7 Å². The molecule has 0 radical (unpaired) electrons. The minimum atomic E-state index is -0.0313. The summed E-state index contributed by atoms with van der Waals surface area (Å²) < 4.78 is 0. The molecule has 1 aliphatic rings. The van der Waals surface area contributed by atoms with Crippen LogP contribution in [0.15, 0.2) is 42.5 Å². The topological polar surface area (TPSA) is 48.5 Å². The van der Waals surface area contributed by atoms with Gasteiger partial charge in [0.2, 0.25) is 0 Å². The Labute approximate surface area is 162 Å². The molecule has 0 atom stereocenters. The predicted octanol–water partition coefficient (Wildman–Crippen LogP) is 3.42. The monoisotopic (exact) mass is 366 g/mol. The fourth-order valence-corrected chi connectivity index (χ4v) is 3.53. The fourth-order valence-electron chi connectivity index (χ4n) is 3.53. The number of aromatic nitrogens is 1. The summed E-state index contributed by atoms with van der Waals surface area (Å²) in [6.45, 7) is 9.73. The molecular formula is C22H30N4O. The van der Waals surface area contributed by atoms with Crippen molar-refractivity contribution in [3.63, 3.8) is 0 Å². The number of carbonyl (C=O) groups excluding carboxylic acids is 1. The fraction of sp³-hybridized carbons (Fsp3) is 0.455. The summed E-state index contributed by atoms with van der Waals surface area (Å²) in [5.41, 5.74) is 2.67. The van der Waals surface area contributed by atoms with E-state index in [1.807, 2.05) is 30.3 Å². The summed E-state index contributed by atoms with van der Waals surface area (Å²) in [6, 6.07) is 14.0. The van der Waals surface area contributed by atoms with Crippen molar-refractivity contribution in [3.8, 4) is 11.3 Å². The highest BCUT2D eigenvalue weighted by molar-refractivity contribution is 5.99. The quantitative estimate of drug-likeness (QED) is 0.778. The van der Waals surface area contributed by atoms with Gasteiger partial charge < -0.3 is 15.1 Å². The summed E-state index contributed by atoms with van der Waals surface area (Å²) in [4.78, 5) is 22.3. The van der Waals surface area contributed by atoms with Crippen molar-refractivity contribution < 1.29 is 4.79 Å². The van der Waals surface area contributed by atoms with Crippen LogP contribution in [0.4, 0.5) is 5.82 Å². The third-order valence-corrected chi connectivity index (χ3v) is 5.20. The van der Waals surface area contributed by atoms with Crippen molar-refractivity contribution in [2.24, 2.45) is 0 Å². The van der Waals surface area contributed by atoms with E-state index in [4.69, 9.17) is 4.98 Å². The van der Waals surface area contributed by atoms with Crippen LogP contribution in [0, 0.1) is 0 Å². The zero-order valence-corrected chi connectivity index (χ0v) is 16.4. The van der Waals surface area contributed by atoms with Gasteiger partial charge in [0.25, 0.3) is 5.91 Å². The van der Waals surface area contributed by atoms with Crippen LogP contribution in [0.2, 0.25) is 0 Å². The summed E-state index contributed by atoms with van der Waals surface area (Å²) in [5.74, 6) is 0.783. The first kappa shape index (κ1) is 19.4. The molecule has 1 aliphatic heterocycles. The van der Waals surface area contributed by atoms with E-state index >= 15 is 0 Å². The maximum absolute atomic E-state index is 12.8. The van der Waals surface area contributed by atoms with E-state index in [1.165, 1.54) is 0 Å². The Kier molecular flexibility index (Phi) is 6.82. The van der Waals surface area contributed by atoms with E-state index in [-0.39, 0.29) is 5.91 Å². The molecule has 1 fully saturated rings. The van der Waals surface area contributed by atoms with Crippen LogP contribution in [-0.4, -0.2) is 55.1 Å². The lowest BCUT2D eigenvalue weighted by atomic mass is 10.1. The molecule has 1 saturated heterocycles. The lowest BCUT2D eigenvalue weighted by molar-refractivity contribution is 0.0949. The molecule has 1 aromatic heterocycles. The van der Waals surface area contributed by atoms with Gasteiger partial charge in [-0.25, -0.2) is 4.98 Å². The Bertz CT molecular complexity index is 737. The van der Waals surface area contributed by atoms with E-state index in [0.29, 0.717) is 12.1 Å². The molecule has 27 heavy (non-hydrogen) atoms. The summed E-state index contributed by atoms with van der Waals surface area (Å²) in [7, 11) is 0. The first-order valence-electron chi connectivity index (χ1n) is 10.0. The zero-order valence-electron chi connectivity index (χ0n) is 16.4. The van der Waals surface area contributed by atoms with Crippen molar-refractivity contribution in [3.05, 3.63) is 48.0 Å². The molecule has 5 nitrogen and oxygen atoms in total. The molecule has 2 heterocycles. The molecule has 0 aliphatic carbocycles. The first-order valence-corrected chi connectivity index (χ1v) is 10.0. The number of likely N-dealkylation sites (N-methyl/N-ethyl adjacent to an activating group) is 1. The van der Waals surface area contributed by atoms with E-state index < -0.39 is 0 Å². The van der Waals surface area contributed by atoms with E-state index in [0.717, 1.165) is 62.6 Å². The highest BCUT2D eigenvalue weighted by atomic mass is 16.1. The van der Waals surface area contributed by atoms with Crippen LogP contribution in [0.1, 0.15) is 37.0 Å². The number of anilines is 1. The minimum Gasteiger partial charge on any atom is -0.356 e. The summed E-state index contributed by atoms with van der Waals surface area (Å²) >= 11 is 0. The number of amides is 1. The van der Waals surface area contributed by atoms with Crippen LogP contribution in [0.5, 0.6) is 0 Å². The molecule has 2 aromatic rings. The zero-order chi connectivity index (χ0) is 19.1. The van der Waals surface area contributed by atoms with Crippen molar-refractivity contribution in [2.45, 2.75) is 26.7 Å². The Balaban J connectivity index is 1.80. The van der Waals surface area contributed by atoms with Gasteiger partial charge >= 0.3 is 0 Å². The van der Waals surface area contributed by atoms with Crippen LogP contribution >= 0.6 is 0 Å². The third kappa shape index (κ3) is 4.86. The van der Waals surface area contributed by atoms with Crippen LogP contribution in [0.3, 0.4) is 0 Å². The largest absolute Gasteiger partial charge is 0.356 e. The van der Waals surface area contributed by atoms with Gasteiger partial charge in [-0.3, -0.25) is 4.79 Å². The maximum atomic E-state index is 12.8. The van der Waals surface area contributed by atoms with Crippen molar-refractivity contribution in [1.29, 1.82) is 0 Å². The number of nitrogens with one attached hydrogen (secondary N) is 1. The minimum absolute atomic E-state index is 0.0313. The van der Waals surface area contributed by atoms with Gasteiger partial charge in [0.15, 0.2) is 0 Å². The number of hydrogen-bond acceptors (Lipinski definition) is 4. The van der Waals surface area contributed by atoms with Gasteiger partial charge in [-0.2, -0.15) is 0 Å². The second-order valence-electron chi connectivity index (χ2n) is 6.91. The molecular weight excluding hydrogens is 336 g/mol. The SMILES string of the molecule is CCN(CC)CCNC(=O)c1ccc(-c2ccccc2)nc1N1CCCC1. The summed E-state index contributed by atoms with van der Waals surface area (Å²) in [6.07, 6.45) is 2.31. The van der Waals surface area contributed by atoms with Gasteiger partial charge in [-0.05, 0) is 38.1 Å². The molecule has 0 saturated carbocycles. The van der Waals surface area contributed by atoms with Gasteiger partial charge in [-0.1, -0.05) is 44.2 Å². The van der Waals surface area contributed by atoms with E-state index in [9.17, 15) is 4.79 Å². The van der Waals surface area contributed by atoms with Gasteiger partial charge in [-0.15, -0.1) is 0 Å². The highest BCUT2D eigenvalue weighted by Crippen LogP contribution is 2.27. The normalized spacial score (nSPS) is 14.0. The molecule has 1 amide bonds. The number of hydrogen-bond donors (Lipinski definition) is 1. The Hall–Kier alpha value is -2.40. The number of rotatable bonds is 8. The molecule has 144 valence electrons. The lowest BCUT2D eigenvalue weighted by Crippen LogP contribution is -2.35. The molecule has 0 unspecified atom stereocenters. The van der Waals surface area contributed by atoms with Crippen LogP contribution in [0.25, 0.3) is 11.3 Å². The molecule has 0 bridgehead atoms. The Morgan fingerprint density at radius 3 is 2.44 bits per heavy atom. The second-order valence-corrected chi connectivity index (χ2v) is 6.91. The molecule has 1 aromatic carbocycles. The third-order valence-electron chi connectivity index (χ3n) is 5.20. The first-order chi connectivity index (χ1) is 13.2. The van der Waals surface area contributed by atoms with Gasteiger partial charge in [0.1, 0.15) is 5.82 Å². The van der Waals surface area contributed by atoms with E-state index in [2.05, 4.69) is 41.1 Å². The highest BCUT2D eigenvalue weighted by Gasteiger charge is 2.22. The molecule has 1 N–H and O–H groups in total. The maximum Gasteiger partial charge on any atom is 0.255 e. The van der Waals surface area contributed by atoms with Crippen LogP contribution < -0.4 is 10.2 Å². The average molecular weight is 367 g/mol. The molecule has 5 heteroatoms. The standard InChI is InChI=1S/C22H30N4O/c1-3-25(4-2)17-14-23-22(27)19-12-13-20(18-10-6-5-7-11-18)24-21(19)26-15-8-9-16-26/h5-7,10-13H,3-4,8-9,14-17H2,1-2H3,(H,23,27). The summed E-state index contributed by atoms with van der Waals surface area (Å²) in [5, 5.41) is 3.07. The molecule has 0 spiro atoms. The van der Waals surface area contributed by atoms with Crippen LogP contribution in [-0.2, 0) is 0 Å².